The zero-order valence-electron chi connectivity index (χ0n) is 18.7. The Hall–Kier alpha value is -2.28. The van der Waals surface area contributed by atoms with Crippen molar-refractivity contribution in [1.29, 1.82) is 0 Å². The standard InChI is InChI=1S/C23H35NO6/c1-16-20(29-18-11-7-6-8-12-18)17(14-15-27-5)10-9-13-19(21(25)28-16)24-22(26)30-23(2,3)4/h6-8,11-12,16-17,19-20H,9-10,13-15H2,1-5H3,(H,24,26)/t16-,17+,19-,20-/m0/s1. The number of nitrogens with one attached hydrogen (secondary N) is 1. The van der Waals surface area contributed by atoms with Gasteiger partial charge in [-0.1, -0.05) is 24.6 Å². The van der Waals surface area contributed by atoms with Crippen LogP contribution >= 0.6 is 0 Å². The molecule has 1 aromatic rings. The maximum absolute atomic E-state index is 12.8. The van der Waals surface area contributed by atoms with Gasteiger partial charge in [-0.2, -0.15) is 0 Å². The number of hydrogen-bond donors (Lipinski definition) is 1. The number of alkyl carbamates (subject to hydrolysis) is 1. The molecule has 0 unspecified atom stereocenters. The molecule has 168 valence electrons. The van der Waals surface area contributed by atoms with Crippen LogP contribution in [0, 0.1) is 5.92 Å². The maximum Gasteiger partial charge on any atom is 0.408 e. The van der Waals surface area contributed by atoms with E-state index in [1.807, 2.05) is 37.3 Å². The van der Waals surface area contributed by atoms with Gasteiger partial charge in [-0.3, -0.25) is 0 Å². The van der Waals surface area contributed by atoms with Crippen molar-refractivity contribution in [3.63, 3.8) is 0 Å². The molecule has 0 spiro atoms. The number of ether oxygens (including phenoxy) is 4. The highest BCUT2D eigenvalue weighted by Gasteiger charge is 2.36. The van der Waals surface area contributed by atoms with Gasteiger partial charge in [0.25, 0.3) is 0 Å². The minimum Gasteiger partial charge on any atom is -0.486 e. The van der Waals surface area contributed by atoms with Crippen LogP contribution in [-0.4, -0.2) is 49.6 Å². The molecule has 0 saturated carbocycles. The molecule has 1 amide bonds. The number of para-hydroxylation sites is 1. The SMILES string of the molecule is COCC[C@H]1CCC[C@H](NC(=O)OC(C)(C)C)C(=O)O[C@@H](C)[C@@H]1Oc1ccccc1. The molecule has 4 atom stereocenters. The Labute approximate surface area is 179 Å². The van der Waals surface area contributed by atoms with Gasteiger partial charge in [0, 0.05) is 19.6 Å². The van der Waals surface area contributed by atoms with Crippen molar-refractivity contribution in [2.75, 3.05) is 13.7 Å². The first kappa shape index (κ1) is 24.0. The van der Waals surface area contributed by atoms with Crippen molar-refractivity contribution in [2.45, 2.75) is 77.2 Å². The summed E-state index contributed by atoms with van der Waals surface area (Å²) in [6, 6.07) is 8.77. The number of cyclic esters (lactones) is 1. The summed E-state index contributed by atoms with van der Waals surface area (Å²) in [5.41, 5.74) is -0.639. The van der Waals surface area contributed by atoms with Crippen LogP contribution in [0.5, 0.6) is 5.75 Å². The van der Waals surface area contributed by atoms with E-state index in [-0.39, 0.29) is 12.0 Å². The van der Waals surface area contributed by atoms with Crippen LogP contribution in [-0.2, 0) is 19.0 Å². The summed E-state index contributed by atoms with van der Waals surface area (Å²) >= 11 is 0. The number of hydrogen-bond acceptors (Lipinski definition) is 6. The number of rotatable bonds is 6. The smallest absolute Gasteiger partial charge is 0.408 e. The highest BCUT2D eigenvalue weighted by Crippen LogP contribution is 2.28. The van der Waals surface area contributed by atoms with Crippen LogP contribution in [0.25, 0.3) is 0 Å². The molecule has 1 aliphatic heterocycles. The highest BCUT2D eigenvalue weighted by molar-refractivity contribution is 5.81. The zero-order valence-corrected chi connectivity index (χ0v) is 18.7. The lowest BCUT2D eigenvalue weighted by Crippen LogP contribution is -2.46. The van der Waals surface area contributed by atoms with Crippen molar-refractivity contribution in [3.8, 4) is 5.75 Å². The third-order valence-corrected chi connectivity index (χ3v) is 4.98. The fourth-order valence-electron chi connectivity index (χ4n) is 3.59. The summed E-state index contributed by atoms with van der Waals surface area (Å²) in [6.45, 7) is 7.77. The summed E-state index contributed by atoms with van der Waals surface area (Å²) in [7, 11) is 1.67. The second-order valence-corrected chi connectivity index (χ2v) is 8.71. The summed E-state index contributed by atoms with van der Waals surface area (Å²) in [4.78, 5) is 24.9. The lowest BCUT2D eigenvalue weighted by Gasteiger charge is -2.31. The quantitative estimate of drug-likeness (QED) is 0.697. The average molecular weight is 422 g/mol. The fourth-order valence-corrected chi connectivity index (χ4v) is 3.59. The van der Waals surface area contributed by atoms with Crippen LogP contribution in [0.1, 0.15) is 53.4 Å². The van der Waals surface area contributed by atoms with Gasteiger partial charge < -0.3 is 24.3 Å². The molecule has 1 heterocycles. The molecule has 0 bridgehead atoms. The second kappa shape index (κ2) is 11.2. The van der Waals surface area contributed by atoms with E-state index in [1.165, 1.54) is 0 Å². The van der Waals surface area contributed by atoms with Gasteiger partial charge >= 0.3 is 12.1 Å². The lowest BCUT2D eigenvalue weighted by molar-refractivity contribution is -0.156. The van der Waals surface area contributed by atoms with Crippen molar-refractivity contribution < 1.29 is 28.5 Å². The van der Waals surface area contributed by atoms with E-state index in [1.54, 1.807) is 27.9 Å². The van der Waals surface area contributed by atoms with Gasteiger partial charge in [0.05, 0.1) is 0 Å². The van der Waals surface area contributed by atoms with Gasteiger partial charge in [-0.05, 0) is 59.1 Å². The van der Waals surface area contributed by atoms with Gasteiger partial charge in [-0.25, -0.2) is 9.59 Å². The Balaban J connectivity index is 2.14. The molecule has 30 heavy (non-hydrogen) atoms. The van der Waals surface area contributed by atoms with E-state index in [0.29, 0.717) is 13.0 Å². The van der Waals surface area contributed by atoms with Crippen LogP contribution in [0.15, 0.2) is 30.3 Å². The van der Waals surface area contributed by atoms with Crippen LogP contribution < -0.4 is 10.1 Å². The van der Waals surface area contributed by atoms with E-state index in [4.69, 9.17) is 18.9 Å². The van der Waals surface area contributed by atoms with Crippen molar-refractivity contribution in [2.24, 2.45) is 5.92 Å². The van der Waals surface area contributed by atoms with Crippen LogP contribution in [0.2, 0.25) is 0 Å². The summed E-state index contributed by atoms with van der Waals surface area (Å²) in [5, 5.41) is 2.66. The second-order valence-electron chi connectivity index (χ2n) is 8.71. The molecule has 7 nitrogen and oxygen atoms in total. The number of benzene rings is 1. The monoisotopic (exact) mass is 421 g/mol. The van der Waals surface area contributed by atoms with E-state index >= 15 is 0 Å². The predicted molar refractivity (Wildman–Crippen MR) is 113 cm³/mol. The first-order chi connectivity index (χ1) is 14.2. The first-order valence-corrected chi connectivity index (χ1v) is 10.6. The first-order valence-electron chi connectivity index (χ1n) is 10.6. The van der Waals surface area contributed by atoms with E-state index < -0.39 is 29.8 Å². The molecule has 0 radical (unpaired) electrons. The van der Waals surface area contributed by atoms with Gasteiger partial charge in [-0.15, -0.1) is 0 Å². The molecule has 1 aliphatic rings. The molecule has 1 aromatic carbocycles. The van der Waals surface area contributed by atoms with Gasteiger partial charge in [0.15, 0.2) is 0 Å². The molecule has 1 fully saturated rings. The van der Waals surface area contributed by atoms with Crippen molar-refractivity contribution in [3.05, 3.63) is 30.3 Å². The molecule has 1 N–H and O–H groups in total. The molecule has 0 aromatic heterocycles. The summed E-state index contributed by atoms with van der Waals surface area (Å²) < 4.78 is 22.6. The predicted octanol–water partition coefficient (Wildman–Crippen LogP) is 4.10. The summed E-state index contributed by atoms with van der Waals surface area (Å²) in [5.74, 6) is 0.408. The third kappa shape index (κ3) is 7.86. The zero-order chi connectivity index (χ0) is 22.1. The molecule has 2 rings (SSSR count). The van der Waals surface area contributed by atoms with E-state index in [0.717, 1.165) is 25.0 Å². The topological polar surface area (TPSA) is 83.1 Å². The Morgan fingerprint density at radius 1 is 1.20 bits per heavy atom. The largest absolute Gasteiger partial charge is 0.486 e. The highest BCUT2D eigenvalue weighted by atomic mass is 16.6. The van der Waals surface area contributed by atoms with Crippen LogP contribution in [0.4, 0.5) is 4.79 Å². The molecule has 0 aliphatic carbocycles. The lowest BCUT2D eigenvalue weighted by atomic mass is 9.89. The van der Waals surface area contributed by atoms with Crippen LogP contribution in [0.3, 0.4) is 0 Å². The van der Waals surface area contributed by atoms with E-state index in [2.05, 4.69) is 5.32 Å². The van der Waals surface area contributed by atoms with Gasteiger partial charge in [0.2, 0.25) is 0 Å². The summed E-state index contributed by atoms with van der Waals surface area (Å²) in [6.07, 6.45) is 1.42. The number of carbonyl (C=O) groups excluding carboxylic acids is 2. The minimum atomic E-state index is -0.749. The molecular weight excluding hydrogens is 386 g/mol. The fraction of sp³-hybridized carbons (Fsp3) is 0.652. The Morgan fingerprint density at radius 2 is 1.90 bits per heavy atom. The Kier molecular flexibility index (Phi) is 8.96. The molecule has 7 heteroatoms. The average Bonchev–Trinajstić information content (AvgIpc) is 2.71. The van der Waals surface area contributed by atoms with Crippen molar-refractivity contribution in [1.82, 2.24) is 5.32 Å². The van der Waals surface area contributed by atoms with Gasteiger partial charge in [0.1, 0.15) is 29.6 Å². The Morgan fingerprint density at radius 3 is 2.53 bits per heavy atom. The maximum atomic E-state index is 12.8. The number of esters is 1. The number of amides is 1. The Bertz CT molecular complexity index is 672. The third-order valence-electron chi connectivity index (χ3n) is 4.98. The minimum absolute atomic E-state index is 0.147. The van der Waals surface area contributed by atoms with Crippen molar-refractivity contribution >= 4 is 12.1 Å². The number of methoxy groups -OCH3 is 1. The van der Waals surface area contributed by atoms with E-state index in [9.17, 15) is 9.59 Å². The molecular formula is C23H35NO6. The number of carbonyl (C=O) groups is 2. The molecule has 1 saturated heterocycles. The normalized spacial score (nSPS) is 25.3.